The molecule has 0 radical (unpaired) electrons. The molecular weight excluding hydrogens is 188 g/mol. The maximum Gasteiger partial charge on any atom is 0.115 e. The van der Waals surface area contributed by atoms with Crippen molar-refractivity contribution in [2.75, 3.05) is 6.61 Å². The molecule has 2 heteroatoms. The molecule has 1 aromatic carbocycles. The molecule has 2 nitrogen and oxygen atoms in total. The summed E-state index contributed by atoms with van der Waals surface area (Å²) in [7, 11) is 0. The first-order valence-electron chi connectivity index (χ1n) is 5.62. The number of aliphatic hydroxyl groups excluding tert-OH is 1. The van der Waals surface area contributed by atoms with Crippen molar-refractivity contribution in [1.82, 2.24) is 0 Å². The molecule has 0 aliphatic heterocycles. The van der Waals surface area contributed by atoms with Crippen molar-refractivity contribution < 1.29 is 10.2 Å². The Hall–Kier alpha value is -1.02. The highest BCUT2D eigenvalue weighted by atomic mass is 16.3. The maximum absolute atomic E-state index is 9.29. The van der Waals surface area contributed by atoms with Gasteiger partial charge in [0.15, 0.2) is 0 Å². The molecule has 0 aliphatic carbocycles. The summed E-state index contributed by atoms with van der Waals surface area (Å²) in [5, 5.41) is 18.5. The molecule has 0 bridgehead atoms. The van der Waals surface area contributed by atoms with Crippen LogP contribution in [0.25, 0.3) is 0 Å². The maximum atomic E-state index is 9.29. The third-order valence-electron chi connectivity index (χ3n) is 3.09. The van der Waals surface area contributed by atoms with Crippen molar-refractivity contribution in [3.05, 3.63) is 29.8 Å². The van der Waals surface area contributed by atoms with Crippen LogP contribution in [0.1, 0.15) is 38.2 Å². The first kappa shape index (κ1) is 12.1. The van der Waals surface area contributed by atoms with Crippen LogP contribution in [0.2, 0.25) is 0 Å². The Morgan fingerprint density at radius 1 is 1.07 bits per heavy atom. The molecule has 2 N–H and O–H groups in total. The topological polar surface area (TPSA) is 40.5 Å². The Bertz CT molecular complexity index is 275. The highest BCUT2D eigenvalue weighted by molar-refractivity contribution is 5.28. The van der Waals surface area contributed by atoms with E-state index in [0.29, 0.717) is 17.6 Å². The number of aromatic hydroxyl groups is 1. The fraction of sp³-hybridized carbons (Fsp3) is 0.538. The van der Waals surface area contributed by atoms with E-state index >= 15 is 0 Å². The zero-order valence-corrected chi connectivity index (χ0v) is 9.48. The minimum atomic E-state index is 0.232. The number of hydrogen-bond acceptors (Lipinski definition) is 2. The average Bonchev–Trinajstić information content (AvgIpc) is 2.27. The molecule has 1 rings (SSSR count). The second kappa shape index (κ2) is 5.76. The van der Waals surface area contributed by atoms with Crippen LogP contribution >= 0.6 is 0 Å². The first-order chi connectivity index (χ1) is 7.22. The number of hydrogen-bond donors (Lipinski definition) is 2. The summed E-state index contributed by atoms with van der Waals surface area (Å²) in [6.07, 6.45) is 2.00. The van der Waals surface area contributed by atoms with E-state index in [-0.39, 0.29) is 6.61 Å². The predicted octanol–water partition coefficient (Wildman–Crippen LogP) is 2.90. The Morgan fingerprint density at radius 3 is 2.07 bits per heavy atom. The fourth-order valence-electron chi connectivity index (χ4n) is 2.10. The molecule has 0 amide bonds. The zero-order chi connectivity index (χ0) is 11.3. The molecule has 2 unspecified atom stereocenters. The van der Waals surface area contributed by atoms with Crippen LogP contribution in [-0.2, 0) is 0 Å². The highest BCUT2D eigenvalue weighted by Crippen LogP contribution is 2.30. The second-order valence-electron chi connectivity index (χ2n) is 3.96. The van der Waals surface area contributed by atoms with Gasteiger partial charge in [0, 0.05) is 6.61 Å². The molecule has 0 saturated carbocycles. The van der Waals surface area contributed by atoms with Gasteiger partial charge in [-0.1, -0.05) is 32.4 Å². The summed E-state index contributed by atoms with van der Waals surface area (Å²) in [6, 6.07) is 7.31. The summed E-state index contributed by atoms with van der Waals surface area (Å²) in [5.74, 6) is 1.01. The SMILES string of the molecule is CCC(CO)C(CC)c1ccc(O)cc1. The Kier molecular flexibility index (Phi) is 4.63. The lowest BCUT2D eigenvalue weighted by Gasteiger charge is -2.23. The molecular formula is C13H20O2. The summed E-state index contributed by atoms with van der Waals surface area (Å²) < 4.78 is 0. The van der Waals surface area contributed by atoms with Crippen molar-refractivity contribution >= 4 is 0 Å². The van der Waals surface area contributed by atoms with E-state index < -0.39 is 0 Å². The van der Waals surface area contributed by atoms with Crippen molar-refractivity contribution in [1.29, 1.82) is 0 Å². The molecule has 84 valence electrons. The van der Waals surface area contributed by atoms with Crippen molar-refractivity contribution in [3.63, 3.8) is 0 Å². The van der Waals surface area contributed by atoms with E-state index in [1.165, 1.54) is 5.56 Å². The number of benzene rings is 1. The number of rotatable bonds is 5. The minimum absolute atomic E-state index is 0.232. The lowest BCUT2D eigenvalue weighted by molar-refractivity contribution is 0.197. The van der Waals surface area contributed by atoms with Gasteiger partial charge in [-0.15, -0.1) is 0 Å². The molecule has 0 aliphatic rings. The first-order valence-corrected chi connectivity index (χ1v) is 5.62. The van der Waals surface area contributed by atoms with E-state index in [2.05, 4.69) is 13.8 Å². The summed E-state index contributed by atoms with van der Waals surface area (Å²) in [4.78, 5) is 0. The van der Waals surface area contributed by atoms with E-state index in [1.807, 2.05) is 12.1 Å². The lowest BCUT2D eigenvalue weighted by atomic mass is 9.83. The fourth-order valence-corrected chi connectivity index (χ4v) is 2.10. The zero-order valence-electron chi connectivity index (χ0n) is 9.48. The van der Waals surface area contributed by atoms with Crippen LogP contribution in [-0.4, -0.2) is 16.8 Å². The van der Waals surface area contributed by atoms with Gasteiger partial charge >= 0.3 is 0 Å². The van der Waals surface area contributed by atoms with Crippen LogP contribution < -0.4 is 0 Å². The second-order valence-corrected chi connectivity index (χ2v) is 3.96. The third-order valence-corrected chi connectivity index (χ3v) is 3.09. The van der Waals surface area contributed by atoms with Gasteiger partial charge in [0.25, 0.3) is 0 Å². The van der Waals surface area contributed by atoms with Gasteiger partial charge < -0.3 is 10.2 Å². The molecule has 2 atom stereocenters. The molecule has 1 aromatic rings. The normalized spacial score (nSPS) is 14.9. The van der Waals surface area contributed by atoms with E-state index in [4.69, 9.17) is 0 Å². The molecule has 15 heavy (non-hydrogen) atoms. The van der Waals surface area contributed by atoms with E-state index in [1.54, 1.807) is 12.1 Å². The molecule has 0 heterocycles. The van der Waals surface area contributed by atoms with E-state index in [9.17, 15) is 10.2 Å². The monoisotopic (exact) mass is 208 g/mol. The number of aliphatic hydroxyl groups is 1. The summed E-state index contributed by atoms with van der Waals surface area (Å²) >= 11 is 0. The lowest BCUT2D eigenvalue weighted by Crippen LogP contribution is -2.15. The predicted molar refractivity (Wildman–Crippen MR) is 62.0 cm³/mol. The highest BCUT2D eigenvalue weighted by Gasteiger charge is 2.19. The van der Waals surface area contributed by atoms with Crippen LogP contribution in [0.4, 0.5) is 0 Å². The Morgan fingerprint density at radius 2 is 1.67 bits per heavy atom. The molecule has 0 saturated heterocycles. The van der Waals surface area contributed by atoms with Gasteiger partial charge in [-0.25, -0.2) is 0 Å². The van der Waals surface area contributed by atoms with Crippen LogP contribution in [0.3, 0.4) is 0 Å². The van der Waals surface area contributed by atoms with Gasteiger partial charge in [0.2, 0.25) is 0 Å². The van der Waals surface area contributed by atoms with Crippen molar-refractivity contribution in [3.8, 4) is 5.75 Å². The van der Waals surface area contributed by atoms with Crippen LogP contribution in [0.5, 0.6) is 5.75 Å². The molecule has 0 spiro atoms. The largest absolute Gasteiger partial charge is 0.508 e. The molecule has 0 aromatic heterocycles. The van der Waals surface area contributed by atoms with Crippen LogP contribution in [0.15, 0.2) is 24.3 Å². The standard InChI is InChI=1S/C13H20O2/c1-3-10(9-14)13(4-2)11-5-7-12(15)8-6-11/h5-8,10,13-15H,3-4,9H2,1-2H3. The quantitative estimate of drug-likeness (QED) is 0.781. The van der Waals surface area contributed by atoms with Gasteiger partial charge in [-0.3, -0.25) is 0 Å². The van der Waals surface area contributed by atoms with Gasteiger partial charge in [-0.2, -0.15) is 0 Å². The van der Waals surface area contributed by atoms with Crippen molar-refractivity contribution in [2.24, 2.45) is 5.92 Å². The van der Waals surface area contributed by atoms with Gasteiger partial charge in [0.05, 0.1) is 0 Å². The molecule has 0 fully saturated rings. The van der Waals surface area contributed by atoms with E-state index in [0.717, 1.165) is 12.8 Å². The van der Waals surface area contributed by atoms with Gasteiger partial charge in [0.1, 0.15) is 5.75 Å². The Labute approximate surface area is 91.6 Å². The number of phenols is 1. The Balaban J connectivity index is 2.86. The minimum Gasteiger partial charge on any atom is -0.508 e. The summed E-state index contributed by atoms with van der Waals surface area (Å²) in [5.41, 5.74) is 1.20. The van der Waals surface area contributed by atoms with Gasteiger partial charge in [-0.05, 0) is 36.0 Å². The number of phenolic OH excluding ortho intramolecular Hbond substituents is 1. The third kappa shape index (κ3) is 2.96. The smallest absolute Gasteiger partial charge is 0.115 e. The van der Waals surface area contributed by atoms with Crippen LogP contribution in [0, 0.1) is 5.92 Å². The average molecular weight is 208 g/mol. The van der Waals surface area contributed by atoms with Crippen molar-refractivity contribution in [2.45, 2.75) is 32.6 Å². The summed E-state index contributed by atoms with van der Waals surface area (Å²) in [6.45, 7) is 4.47.